The number of nitrogens with zero attached hydrogens (tertiary/aromatic N) is 2. The Morgan fingerprint density at radius 2 is 1.73 bits per heavy atom. The molecule has 3 nitrogen and oxygen atoms in total. The molecule has 0 spiro atoms. The average Bonchev–Trinajstić information content (AvgIpc) is 2.26. The molecule has 1 aromatic carbocycles. The van der Waals surface area contributed by atoms with Crippen molar-refractivity contribution < 1.29 is 4.84 Å². The summed E-state index contributed by atoms with van der Waals surface area (Å²) in [7, 11) is 3.81. The minimum atomic E-state index is 1.09. The molecule has 0 aromatic heterocycles. The molecule has 0 aliphatic carbocycles. The van der Waals surface area contributed by atoms with Crippen LogP contribution in [0, 0.1) is 6.92 Å². The highest BCUT2D eigenvalue weighted by molar-refractivity contribution is 5.45. The van der Waals surface area contributed by atoms with Crippen molar-refractivity contribution in [3.63, 3.8) is 0 Å². The van der Waals surface area contributed by atoms with Crippen LogP contribution in [0.15, 0.2) is 36.6 Å². The van der Waals surface area contributed by atoms with Crippen LogP contribution in [0.5, 0.6) is 0 Å². The van der Waals surface area contributed by atoms with Gasteiger partial charge in [0, 0.05) is 14.1 Å². The summed E-state index contributed by atoms with van der Waals surface area (Å²) in [6, 6.07) is 8.28. The van der Waals surface area contributed by atoms with Crippen LogP contribution in [0.1, 0.15) is 12.5 Å². The molecule has 0 aliphatic heterocycles. The molecule has 0 amide bonds. The van der Waals surface area contributed by atoms with Gasteiger partial charge < -0.3 is 4.84 Å². The number of aryl methyl sites for hydroxylation is 1. The minimum Gasteiger partial charge on any atom is -0.395 e. The largest absolute Gasteiger partial charge is 0.395 e. The zero-order valence-electron chi connectivity index (χ0n) is 9.77. The van der Waals surface area contributed by atoms with Crippen LogP contribution < -0.4 is 5.01 Å². The van der Waals surface area contributed by atoms with E-state index in [9.17, 15) is 0 Å². The van der Waals surface area contributed by atoms with Crippen molar-refractivity contribution in [3.05, 3.63) is 42.2 Å². The molecule has 82 valence electrons. The monoisotopic (exact) mass is 206 g/mol. The van der Waals surface area contributed by atoms with E-state index in [0.717, 1.165) is 5.69 Å². The maximum Gasteiger partial charge on any atom is 0.109 e. The van der Waals surface area contributed by atoms with E-state index in [0.29, 0.717) is 0 Å². The van der Waals surface area contributed by atoms with E-state index < -0.39 is 0 Å². The Morgan fingerprint density at radius 3 is 2.27 bits per heavy atom. The number of hydrogen-bond donors (Lipinski definition) is 0. The minimum absolute atomic E-state index is 1.09. The van der Waals surface area contributed by atoms with Gasteiger partial charge in [-0.25, -0.2) is 0 Å². The molecule has 0 saturated heterocycles. The van der Waals surface area contributed by atoms with Crippen LogP contribution in [-0.2, 0) is 4.84 Å². The average molecular weight is 206 g/mol. The predicted molar refractivity (Wildman–Crippen MR) is 63.2 cm³/mol. The lowest BCUT2D eigenvalue weighted by molar-refractivity contribution is -0.0853. The summed E-state index contributed by atoms with van der Waals surface area (Å²) < 4.78 is 0. The van der Waals surface area contributed by atoms with Gasteiger partial charge in [-0.1, -0.05) is 28.9 Å². The highest BCUT2D eigenvalue weighted by atomic mass is 16.7. The van der Waals surface area contributed by atoms with E-state index in [1.54, 1.807) is 11.4 Å². The Labute approximate surface area is 91.5 Å². The molecule has 3 heteroatoms. The number of hydroxylamine groups is 1. The maximum absolute atomic E-state index is 5.32. The summed E-state index contributed by atoms with van der Waals surface area (Å²) >= 11 is 0. The third kappa shape index (κ3) is 3.29. The van der Waals surface area contributed by atoms with Gasteiger partial charge >= 0.3 is 0 Å². The molecule has 0 radical (unpaired) electrons. The first-order chi connectivity index (χ1) is 7.15. The number of hydrazine groups is 1. The van der Waals surface area contributed by atoms with E-state index in [-0.39, 0.29) is 0 Å². The topological polar surface area (TPSA) is 15.7 Å². The molecule has 0 bridgehead atoms. The summed E-state index contributed by atoms with van der Waals surface area (Å²) in [6.45, 7) is 3.99. The Kier molecular flexibility index (Phi) is 4.18. The van der Waals surface area contributed by atoms with Gasteiger partial charge in [0.15, 0.2) is 0 Å². The standard InChI is InChI=1S/C12H18N2O/c1-5-10-15-14(4)13(3)12-8-6-11(2)7-9-12/h5-10H,1-4H3. The number of benzene rings is 1. The summed E-state index contributed by atoms with van der Waals surface area (Å²) in [5.74, 6) is 0. The molecule has 0 N–H and O–H groups in total. The summed E-state index contributed by atoms with van der Waals surface area (Å²) in [5, 5.41) is 3.60. The second-order valence-corrected chi connectivity index (χ2v) is 3.40. The molecule has 0 heterocycles. The van der Waals surface area contributed by atoms with E-state index in [2.05, 4.69) is 31.2 Å². The first-order valence-electron chi connectivity index (χ1n) is 4.97. The van der Waals surface area contributed by atoms with Gasteiger partial charge in [-0.05, 0) is 26.0 Å². The molecular weight excluding hydrogens is 188 g/mol. The highest BCUT2D eigenvalue weighted by Gasteiger charge is 2.05. The lowest BCUT2D eigenvalue weighted by atomic mass is 10.2. The van der Waals surface area contributed by atoms with E-state index in [4.69, 9.17) is 4.84 Å². The molecule has 15 heavy (non-hydrogen) atoms. The van der Waals surface area contributed by atoms with Crippen LogP contribution in [0.2, 0.25) is 0 Å². The quantitative estimate of drug-likeness (QED) is 0.556. The van der Waals surface area contributed by atoms with Crippen LogP contribution >= 0.6 is 0 Å². The second kappa shape index (κ2) is 5.41. The van der Waals surface area contributed by atoms with Crippen molar-refractivity contribution in [2.45, 2.75) is 13.8 Å². The molecule has 1 rings (SSSR count). The highest BCUT2D eigenvalue weighted by Crippen LogP contribution is 2.14. The lowest BCUT2D eigenvalue weighted by Gasteiger charge is -2.27. The first kappa shape index (κ1) is 11.6. The van der Waals surface area contributed by atoms with Crippen molar-refractivity contribution in [1.29, 1.82) is 0 Å². The summed E-state index contributed by atoms with van der Waals surface area (Å²) in [6.07, 6.45) is 3.49. The first-order valence-corrected chi connectivity index (χ1v) is 4.97. The number of anilines is 1. The Balaban J connectivity index is 2.66. The van der Waals surface area contributed by atoms with E-state index in [1.807, 2.05) is 32.1 Å². The normalized spacial score (nSPS) is 11.0. The Hall–Kier alpha value is -1.48. The van der Waals surface area contributed by atoms with Crippen molar-refractivity contribution in [2.24, 2.45) is 0 Å². The maximum atomic E-state index is 5.32. The Morgan fingerprint density at radius 1 is 1.13 bits per heavy atom. The van der Waals surface area contributed by atoms with Gasteiger partial charge in [-0.2, -0.15) is 0 Å². The van der Waals surface area contributed by atoms with Crippen LogP contribution in [0.4, 0.5) is 5.69 Å². The van der Waals surface area contributed by atoms with Gasteiger partial charge in [0.25, 0.3) is 0 Å². The van der Waals surface area contributed by atoms with Gasteiger partial charge in [-0.3, -0.25) is 5.01 Å². The summed E-state index contributed by atoms with van der Waals surface area (Å²) in [5.41, 5.74) is 2.34. The number of rotatable bonds is 4. The van der Waals surface area contributed by atoms with Crippen molar-refractivity contribution in [3.8, 4) is 0 Å². The van der Waals surface area contributed by atoms with Crippen molar-refractivity contribution in [2.75, 3.05) is 19.1 Å². The predicted octanol–water partition coefficient (Wildman–Crippen LogP) is 2.74. The van der Waals surface area contributed by atoms with Crippen molar-refractivity contribution >= 4 is 5.69 Å². The van der Waals surface area contributed by atoms with Gasteiger partial charge in [-0.15, -0.1) is 0 Å². The van der Waals surface area contributed by atoms with Crippen LogP contribution in [0.25, 0.3) is 0 Å². The van der Waals surface area contributed by atoms with Crippen molar-refractivity contribution in [1.82, 2.24) is 5.17 Å². The smallest absolute Gasteiger partial charge is 0.109 e. The molecule has 0 fully saturated rings. The number of allylic oxidation sites excluding steroid dienone is 1. The van der Waals surface area contributed by atoms with E-state index >= 15 is 0 Å². The van der Waals surface area contributed by atoms with Gasteiger partial charge in [0.05, 0.1) is 5.69 Å². The fraction of sp³-hybridized carbons (Fsp3) is 0.333. The zero-order chi connectivity index (χ0) is 11.3. The molecule has 0 aliphatic rings. The van der Waals surface area contributed by atoms with Crippen LogP contribution in [0.3, 0.4) is 0 Å². The second-order valence-electron chi connectivity index (χ2n) is 3.40. The molecular formula is C12H18N2O. The zero-order valence-corrected chi connectivity index (χ0v) is 9.77. The SMILES string of the molecule is CC=CON(C)N(C)c1ccc(C)cc1. The molecule has 0 atom stereocenters. The third-order valence-electron chi connectivity index (χ3n) is 2.18. The van der Waals surface area contributed by atoms with Gasteiger partial charge in [0.1, 0.15) is 6.26 Å². The summed E-state index contributed by atoms with van der Waals surface area (Å²) in [4.78, 5) is 5.32. The molecule has 1 aromatic rings. The fourth-order valence-corrected chi connectivity index (χ4v) is 1.14. The van der Waals surface area contributed by atoms with E-state index in [1.165, 1.54) is 5.56 Å². The molecule has 0 unspecified atom stereocenters. The Bertz CT molecular complexity index is 319. The number of hydrogen-bond acceptors (Lipinski definition) is 3. The van der Waals surface area contributed by atoms with Gasteiger partial charge in [0.2, 0.25) is 0 Å². The van der Waals surface area contributed by atoms with Crippen LogP contribution in [-0.4, -0.2) is 19.3 Å². The fourth-order valence-electron chi connectivity index (χ4n) is 1.14. The lowest BCUT2D eigenvalue weighted by Crippen LogP contribution is -2.35. The third-order valence-corrected chi connectivity index (χ3v) is 2.18. The molecule has 0 saturated carbocycles.